The van der Waals surface area contributed by atoms with E-state index in [4.69, 9.17) is 4.74 Å². The standard InChI is InChI=1S/C18H21NO3/c1-12-9-13(2)11-15(10-12)22-8-7-19-17-14(3)5-4-6-16(17)18(20)21/h4-6,9-11,19H,7-8H2,1-3H3,(H,20,21). The van der Waals surface area contributed by atoms with Gasteiger partial charge in [-0.1, -0.05) is 18.2 Å². The number of nitrogens with one attached hydrogen (secondary N) is 1. The van der Waals surface area contributed by atoms with Gasteiger partial charge in [-0.15, -0.1) is 0 Å². The topological polar surface area (TPSA) is 58.6 Å². The molecule has 0 saturated heterocycles. The molecule has 4 heteroatoms. The predicted octanol–water partition coefficient (Wildman–Crippen LogP) is 3.80. The van der Waals surface area contributed by atoms with Crippen molar-refractivity contribution >= 4 is 11.7 Å². The maximum Gasteiger partial charge on any atom is 0.337 e. The Morgan fingerprint density at radius 2 is 1.82 bits per heavy atom. The van der Waals surface area contributed by atoms with Crippen molar-refractivity contribution in [3.63, 3.8) is 0 Å². The minimum absolute atomic E-state index is 0.284. The first-order chi connectivity index (χ1) is 10.5. The highest BCUT2D eigenvalue weighted by atomic mass is 16.5. The Bertz CT molecular complexity index is 660. The Morgan fingerprint density at radius 3 is 2.45 bits per heavy atom. The number of aryl methyl sites for hydroxylation is 3. The van der Waals surface area contributed by atoms with Crippen LogP contribution in [-0.4, -0.2) is 24.2 Å². The van der Waals surface area contributed by atoms with E-state index in [2.05, 4.69) is 11.4 Å². The Labute approximate surface area is 130 Å². The van der Waals surface area contributed by atoms with Gasteiger partial charge in [-0.05, 0) is 55.7 Å². The summed E-state index contributed by atoms with van der Waals surface area (Å²) in [5.74, 6) is -0.0935. The predicted molar refractivity (Wildman–Crippen MR) is 88.0 cm³/mol. The Morgan fingerprint density at radius 1 is 1.14 bits per heavy atom. The van der Waals surface area contributed by atoms with Gasteiger partial charge in [0.25, 0.3) is 0 Å². The number of anilines is 1. The number of carboxylic acids is 1. The quantitative estimate of drug-likeness (QED) is 0.797. The van der Waals surface area contributed by atoms with E-state index in [0.717, 1.165) is 22.4 Å². The molecule has 2 aromatic carbocycles. The largest absolute Gasteiger partial charge is 0.492 e. The van der Waals surface area contributed by atoms with E-state index in [0.29, 0.717) is 18.8 Å². The van der Waals surface area contributed by atoms with Crippen molar-refractivity contribution in [3.05, 3.63) is 58.7 Å². The first kappa shape index (κ1) is 15.9. The fourth-order valence-corrected chi connectivity index (χ4v) is 2.44. The molecule has 0 aliphatic heterocycles. The third-order valence-corrected chi connectivity index (χ3v) is 3.37. The van der Waals surface area contributed by atoms with Crippen LogP contribution < -0.4 is 10.1 Å². The van der Waals surface area contributed by atoms with E-state index >= 15 is 0 Å². The van der Waals surface area contributed by atoms with Gasteiger partial charge in [0.05, 0.1) is 11.3 Å². The minimum Gasteiger partial charge on any atom is -0.492 e. The van der Waals surface area contributed by atoms with E-state index in [1.54, 1.807) is 12.1 Å². The molecule has 0 fully saturated rings. The third kappa shape index (κ3) is 4.01. The molecule has 2 N–H and O–H groups in total. The lowest BCUT2D eigenvalue weighted by molar-refractivity contribution is 0.0698. The highest BCUT2D eigenvalue weighted by molar-refractivity contribution is 5.95. The lowest BCUT2D eigenvalue weighted by atomic mass is 10.1. The van der Waals surface area contributed by atoms with Crippen molar-refractivity contribution in [2.75, 3.05) is 18.5 Å². The van der Waals surface area contributed by atoms with Gasteiger partial charge in [0.15, 0.2) is 0 Å². The number of benzene rings is 2. The SMILES string of the molecule is Cc1cc(C)cc(OCCNc2c(C)cccc2C(=O)O)c1. The zero-order chi connectivity index (χ0) is 16.1. The molecule has 0 amide bonds. The summed E-state index contributed by atoms with van der Waals surface area (Å²) >= 11 is 0. The summed E-state index contributed by atoms with van der Waals surface area (Å²) in [4.78, 5) is 11.2. The van der Waals surface area contributed by atoms with E-state index in [1.165, 1.54) is 0 Å². The normalized spacial score (nSPS) is 10.3. The lowest BCUT2D eigenvalue weighted by Gasteiger charge is -2.13. The van der Waals surface area contributed by atoms with Crippen molar-refractivity contribution in [3.8, 4) is 5.75 Å². The molecular formula is C18H21NO3. The summed E-state index contributed by atoms with van der Waals surface area (Å²) in [6, 6.07) is 11.3. The van der Waals surface area contributed by atoms with Crippen LogP contribution in [0.4, 0.5) is 5.69 Å². The van der Waals surface area contributed by atoms with Gasteiger partial charge in [0, 0.05) is 6.54 Å². The van der Waals surface area contributed by atoms with Crippen molar-refractivity contribution in [2.24, 2.45) is 0 Å². The molecule has 0 unspecified atom stereocenters. The van der Waals surface area contributed by atoms with E-state index in [9.17, 15) is 9.90 Å². The van der Waals surface area contributed by atoms with Crippen molar-refractivity contribution in [1.29, 1.82) is 0 Å². The number of para-hydroxylation sites is 1. The zero-order valence-electron chi connectivity index (χ0n) is 13.1. The number of rotatable bonds is 6. The average Bonchev–Trinajstić information content (AvgIpc) is 2.43. The molecule has 0 spiro atoms. The number of aromatic carboxylic acids is 1. The zero-order valence-corrected chi connectivity index (χ0v) is 13.1. The molecule has 2 rings (SSSR count). The van der Waals surface area contributed by atoms with Gasteiger partial charge >= 0.3 is 5.97 Å². The molecule has 0 aromatic heterocycles. The molecule has 4 nitrogen and oxygen atoms in total. The second-order valence-electron chi connectivity index (χ2n) is 5.40. The Balaban J connectivity index is 1.96. The van der Waals surface area contributed by atoms with Crippen LogP contribution in [0.2, 0.25) is 0 Å². The fourth-order valence-electron chi connectivity index (χ4n) is 2.44. The summed E-state index contributed by atoms with van der Waals surface area (Å²) in [5, 5.41) is 12.4. The average molecular weight is 299 g/mol. The Hall–Kier alpha value is -2.49. The molecule has 2 aromatic rings. The van der Waals surface area contributed by atoms with Crippen LogP contribution in [0.1, 0.15) is 27.0 Å². The van der Waals surface area contributed by atoms with Gasteiger partial charge in [0.2, 0.25) is 0 Å². The van der Waals surface area contributed by atoms with E-state index < -0.39 is 5.97 Å². The van der Waals surface area contributed by atoms with Crippen LogP contribution in [0.3, 0.4) is 0 Å². The van der Waals surface area contributed by atoms with Crippen LogP contribution >= 0.6 is 0 Å². The summed E-state index contributed by atoms with van der Waals surface area (Å²) in [7, 11) is 0. The second kappa shape index (κ2) is 6.98. The second-order valence-corrected chi connectivity index (χ2v) is 5.40. The molecule has 0 heterocycles. The van der Waals surface area contributed by atoms with Crippen LogP contribution in [0, 0.1) is 20.8 Å². The smallest absolute Gasteiger partial charge is 0.337 e. The summed E-state index contributed by atoms with van der Waals surface area (Å²) < 4.78 is 5.72. The number of carboxylic acid groups (broad SMARTS) is 1. The van der Waals surface area contributed by atoms with E-state index in [-0.39, 0.29) is 5.56 Å². The third-order valence-electron chi connectivity index (χ3n) is 3.37. The summed E-state index contributed by atoms with van der Waals surface area (Å²) in [6.45, 7) is 6.96. The van der Waals surface area contributed by atoms with Gasteiger partial charge in [0.1, 0.15) is 12.4 Å². The van der Waals surface area contributed by atoms with Gasteiger partial charge in [-0.25, -0.2) is 4.79 Å². The molecular weight excluding hydrogens is 278 g/mol. The lowest BCUT2D eigenvalue weighted by Crippen LogP contribution is -2.15. The maximum atomic E-state index is 11.2. The molecule has 0 bridgehead atoms. The minimum atomic E-state index is -0.929. The molecule has 0 atom stereocenters. The van der Waals surface area contributed by atoms with Crippen molar-refractivity contribution in [1.82, 2.24) is 0 Å². The number of hydrogen-bond donors (Lipinski definition) is 2. The first-order valence-electron chi connectivity index (χ1n) is 7.25. The molecule has 0 radical (unpaired) electrons. The fraction of sp³-hybridized carbons (Fsp3) is 0.278. The molecule has 22 heavy (non-hydrogen) atoms. The van der Waals surface area contributed by atoms with Crippen LogP contribution in [0.15, 0.2) is 36.4 Å². The van der Waals surface area contributed by atoms with Crippen LogP contribution in [0.5, 0.6) is 5.75 Å². The maximum absolute atomic E-state index is 11.2. The molecule has 0 saturated carbocycles. The monoisotopic (exact) mass is 299 g/mol. The number of hydrogen-bond acceptors (Lipinski definition) is 3. The first-order valence-corrected chi connectivity index (χ1v) is 7.25. The van der Waals surface area contributed by atoms with Gasteiger partial charge in [-0.2, -0.15) is 0 Å². The van der Waals surface area contributed by atoms with Crippen molar-refractivity contribution < 1.29 is 14.6 Å². The number of carbonyl (C=O) groups is 1. The van der Waals surface area contributed by atoms with E-state index in [1.807, 2.05) is 39.0 Å². The van der Waals surface area contributed by atoms with Crippen molar-refractivity contribution in [2.45, 2.75) is 20.8 Å². The van der Waals surface area contributed by atoms with Crippen LogP contribution in [0.25, 0.3) is 0 Å². The van der Waals surface area contributed by atoms with Gasteiger partial charge in [-0.3, -0.25) is 0 Å². The highest BCUT2D eigenvalue weighted by Crippen LogP contribution is 2.20. The summed E-state index contributed by atoms with van der Waals surface area (Å²) in [5.41, 5.74) is 4.17. The number of ether oxygens (including phenoxy) is 1. The molecule has 116 valence electrons. The van der Waals surface area contributed by atoms with Gasteiger partial charge < -0.3 is 15.2 Å². The molecule has 0 aliphatic carbocycles. The van der Waals surface area contributed by atoms with Crippen LogP contribution in [-0.2, 0) is 0 Å². The Kier molecular flexibility index (Phi) is 5.04. The summed E-state index contributed by atoms with van der Waals surface area (Å²) in [6.07, 6.45) is 0. The molecule has 0 aliphatic rings. The highest BCUT2D eigenvalue weighted by Gasteiger charge is 2.11.